The van der Waals surface area contributed by atoms with Crippen molar-refractivity contribution < 1.29 is 18.7 Å². The van der Waals surface area contributed by atoms with Gasteiger partial charge in [-0.05, 0) is 54.8 Å². The Balaban J connectivity index is 0.00000280. The summed E-state index contributed by atoms with van der Waals surface area (Å²) in [7, 11) is 0. The third-order valence-corrected chi connectivity index (χ3v) is 4.61. The first-order valence-electron chi connectivity index (χ1n) is 8.77. The van der Waals surface area contributed by atoms with Crippen LogP contribution in [-0.4, -0.2) is 30.6 Å². The van der Waals surface area contributed by atoms with E-state index in [4.69, 9.17) is 10.5 Å². The van der Waals surface area contributed by atoms with Gasteiger partial charge in [0.1, 0.15) is 5.82 Å². The van der Waals surface area contributed by atoms with Gasteiger partial charge >= 0.3 is 0 Å². The summed E-state index contributed by atoms with van der Waals surface area (Å²) in [5.41, 5.74) is 7.10. The van der Waals surface area contributed by atoms with Crippen LogP contribution in [0.3, 0.4) is 0 Å². The molecule has 1 heterocycles. The molecule has 3 rings (SSSR count). The lowest BCUT2D eigenvalue weighted by atomic mass is 9.90. The monoisotopic (exact) mass is 407 g/mol. The van der Waals surface area contributed by atoms with Crippen molar-refractivity contribution >= 4 is 29.9 Å². The molecule has 0 spiro atoms. The Hall–Kier alpha value is -2.48. The maximum absolute atomic E-state index is 12.9. The molecule has 8 heteroatoms. The molecule has 1 fully saturated rings. The number of rotatable bonds is 5. The van der Waals surface area contributed by atoms with Gasteiger partial charge in [0.05, 0.1) is 5.54 Å². The summed E-state index contributed by atoms with van der Waals surface area (Å²) < 4.78 is 18.2. The largest absolute Gasteiger partial charge is 0.381 e. The highest BCUT2D eigenvalue weighted by Crippen LogP contribution is 2.18. The van der Waals surface area contributed by atoms with Crippen LogP contribution >= 0.6 is 12.4 Å². The maximum atomic E-state index is 12.9. The van der Waals surface area contributed by atoms with E-state index in [1.165, 1.54) is 24.3 Å². The van der Waals surface area contributed by atoms with Crippen molar-refractivity contribution in [2.45, 2.75) is 24.9 Å². The summed E-state index contributed by atoms with van der Waals surface area (Å²) >= 11 is 0. The van der Waals surface area contributed by atoms with Crippen LogP contribution in [0.15, 0.2) is 48.5 Å². The van der Waals surface area contributed by atoms with Crippen molar-refractivity contribution in [1.82, 2.24) is 5.32 Å². The molecule has 1 aliphatic rings. The quantitative estimate of drug-likeness (QED) is 0.710. The summed E-state index contributed by atoms with van der Waals surface area (Å²) in [5, 5.41) is 5.55. The molecule has 0 atom stereocenters. The number of halogens is 2. The lowest BCUT2D eigenvalue weighted by Crippen LogP contribution is -2.56. The van der Waals surface area contributed by atoms with E-state index in [1.54, 1.807) is 24.3 Å². The van der Waals surface area contributed by atoms with Gasteiger partial charge in [0, 0.05) is 31.0 Å². The third-order valence-electron chi connectivity index (χ3n) is 4.61. The number of anilines is 1. The van der Waals surface area contributed by atoms with Gasteiger partial charge in [-0.1, -0.05) is 12.1 Å². The zero-order valence-electron chi connectivity index (χ0n) is 15.2. The summed E-state index contributed by atoms with van der Waals surface area (Å²) in [6, 6.07) is 12.4. The first-order valence-corrected chi connectivity index (χ1v) is 8.77. The highest BCUT2D eigenvalue weighted by molar-refractivity contribution is 6.04. The standard InChI is InChI=1S/C20H22FN3O3.ClH/c21-16-5-7-17(8-6-16)24-18(25)15-3-1-14(2-4-15)13-23-19(26)20(22)9-11-27-12-10-20;/h1-8H,9-13,22H2,(H,23,26)(H,24,25);1H. The molecule has 28 heavy (non-hydrogen) atoms. The fraction of sp³-hybridized carbons (Fsp3) is 0.300. The molecule has 0 aromatic heterocycles. The van der Waals surface area contributed by atoms with Crippen LogP contribution in [0.25, 0.3) is 0 Å². The highest BCUT2D eigenvalue weighted by atomic mass is 35.5. The summed E-state index contributed by atoms with van der Waals surface area (Å²) in [5.74, 6) is -0.844. The molecule has 0 unspecified atom stereocenters. The SMILES string of the molecule is Cl.NC1(C(=O)NCc2ccc(C(=O)Nc3ccc(F)cc3)cc2)CCOCC1. The molecule has 6 nitrogen and oxygen atoms in total. The highest BCUT2D eigenvalue weighted by Gasteiger charge is 2.35. The van der Waals surface area contributed by atoms with Crippen LogP contribution in [0.1, 0.15) is 28.8 Å². The summed E-state index contributed by atoms with van der Waals surface area (Å²) in [4.78, 5) is 24.5. The van der Waals surface area contributed by atoms with Crippen molar-refractivity contribution in [2.75, 3.05) is 18.5 Å². The number of ether oxygens (including phenoxy) is 1. The predicted molar refractivity (Wildman–Crippen MR) is 107 cm³/mol. The van der Waals surface area contributed by atoms with E-state index >= 15 is 0 Å². The first kappa shape index (κ1) is 21.8. The van der Waals surface area contributed by atoms with Crippen molar-refractivity contribution in [3.8, 4) is 0 Å². The molecular formula is C20H23ClFN3O3. The fourth-order valence-corrected chi connectivity index (χ4v) is 2.83. The number of benzene rings is 2. The molecule has 2 amide bonds. The van der Waals surface area contributed by atoms with Crippen LogP contribution < -0.4 is 16.4 Å². The Morgan fingerprint density at radius 2 is 1.64 bits per heavy atom. The van der Waals surface area contributed by atoms with Crippen LogP contribution in [0, 0.1) is 5.82 Å². The van der Waals surface area contributed by atoms with Gasteiger partial charge in [0.25, 0.3) is 5.91 Å². The molecule has 4 N–H and O–H groups in total. The van der Waals surface area contributed by atoms with Gasteiger partial charge < -0.3 is 21.1 Å². The Morgan fingerprint density at radius 1 is 1.04 bits per heavy atom. The van der Waals surface area contributed by atoms with Crippen LogP contribution in [-0.2, 0) is 16.1 Å². The van der Waals surface area contributed by atoms with Crippen molar-refractivity contribution in [1.29, 1.82) is 0 Å². The second-order valence-corrected chi connectivity index (χ2v) is 6.61. The topological polar surface area (TPSA) is 93.5 Å². The Morgan fingerprint density at radius 3 is 2.25 bits per heavy atom. The van der Waals surface area contributed by atoms with Gasteiger partial charge in [0.15, 0.2) is 0 Å². The molecular weight excluding hydrogens is 385 g/mol. The number of carbonyl (C=O) groups excluding carboxylic acids is 2. The van der Waals surface area contributed by atoms with Gasteiger partial charge in [-0.25, -0.2) is 4.39 Å². The molecule has 1 saturated heterocycles. The molecule has 0 radical (unpaired) electrons. The molecule has 1 aliphatic heterocycles. The average Bonchev–Trinajstić information content (AvgIpc) is 2.69. The number of nitrogens with two attached hydrogens (primary N) is 1. The summed E-state index contributed by atoms with van der Waals surface area (Å²) in [6.45, 7) is 1.31. The minimum absolute atomic E-state index is 0. The van der Waals surface area contributed by atoms with Crippen molar-refractivity contribution in [3.05, 3.63) is 65.5 Å². The Kier molecular flexibility index (Phi) is 7.51. The van der Waals surface area contributed by atoms with Crippen LogP contribution in [0.2, 0.25) is 0 Å². The molecule has 2 aromatic rings. The van der Waals surface area contributed by atoms with Gasteiger partial charge in [-0.3, -0.25) is 9.59 Å². The number of hydrogen-bond acceptors (Lipinski definition) is 4. The van der Waals surface area contributed by atoms with Gasteiger partial charge in [-0.15, -0.1) is 12.4 Å². The average molecular weight is 408 g/mol. The fourth-order valence-electron chi connectivity index (χ4n) is 2.83. The number of carbonyl (C=O) groups is 2. The molecule has 2 aromatic carbocycles. The van der Waals surface area contributed by atoms with E-state index in [0.29, 0.717) is 43.9 Å². The number of nitrogens with one attached hydrogen (secondary N) is 2. The number of amides is 2. The zero-order valence-corrected chi connectivity index (χ0v) is 16.1. The lowest BCUT2D eigenvalue weighted by Gasteiger charge is -2.31. The normalized spacial score (nSPS) is 15.2. The third kappa shape index (κ3) is 5.51. The molecule has 0 bridgehead atoms. The van der Waals surface area contributed by atoms with Gasteiger partial charge in [-0.2, -0.15) is 0 Å². The van der Waals surface area contributed by atoms with Crippen molar-refractivity contribution in [2.24, 2.45) is 5.73 Å². The molecule has 0 aliphatic carbocycles. The molecule has 0 saturated carbocycles. The van der Waals surface area contributed by atoms with E-state index in [1.807, 2.05) is 0 Å². The molecule has 150 valence electrons. The van der Waals surface area contributed by atoms with E-state index in [2.05, 4.69) is 10.6 Å². The zero-order chi connectivity index (χ0) is 19.3. The van der Waals surface area contributed by atoms with Crippen molar-refractivity contribution in [3.63, 3.8) is 0 Å². The smallest absolute Gasteiger partial charge is 0.255 e. The van der Waals surface area contributed by atoms with Crippen LogP contribution in [0.4, 0.5) is 10.1 Å². The first-order chi connectivity index (χ1) is 13.0. The van der Waals surface area contributed by atoms with E-state index in [0.717, 1.165) is 5.56 Å². The lowest BCUT2D eigenvalue weighted by molar-refractivity contribution is -0.129. The predicted octanol–water partition coefficient (Wildman–Crippen LogP) is 2.62. The van der Waals surface area contributed by atoms with E-state index in [-0.39, 0.29) is 30.0 Å². The minimum Gasteiger partial charge on any atom is -0.381 e. The summed E-state index contributed by atoms with van der Waals surface area (Å²) in [6.07, 6.45) is 1.00. The Labute approximate surface area is 169 Å². The second-order valence-electron chi connectivity index (χ2n) is 6.61. The Bertz CT molecular complexity index is 806. The maximum Gasteiger partial charge on any atom is 0.255 e. The van der Waals surface area contributed by atoms with Crippen LogP contribution in [0.5, 0.6) is 0 Å². The minimum atomic E-state index is -0.882. The van der Waals surface area contributed by atoms with Gasteiger partial charge in [0.2, 0.25) is 5.91 Å². The van der Waals surface area contributed by atoms with E-state index in [9.17, 15) is 14.0 Å². The number of hydrogen-bond donors (Lipinski definition) is 3. The van der Waals surface area contributed by atoms with E-state index < -0.39 is 5.54 Å². The second kappa shape index (κ2) is 9.64.